The molecule has 0 saturated heterocycles. The Balaban J connectivity index is 1.06. The van der Waals surface area contributed by atoms with Gasteiger partial charge in [-0.15, -0.1) is 0 Å². The molecule has 0 radical (unpaired) electrons. The molecule has 428 valence electrons. The van der Waals surface area contributed by atoms with Gasteiger partial charge in [-0.05, 0) is 165 Å². The van der Waals surface area contributed by atoms with E-state index >= 15 is 0 Å². The van der Waals surface area contributed by atoms with Crippen LogP contribution < -0.4 is 9.30 Å². The van der Waals surface area contributed by atoms with Crippen LogP contribution in [-0.2, 0) is 21.7 Å². The zero-order valence-electron chi connectivity index (χ0n) is 56.7. The van der Waals surface area contributed by atoms with Gasteiger partial charge in [-0.3, -0.25) is 13.7 Å². The lowest BCUT2D eigenvalue weighted by Gasteiger charge is -2.27. The van der Waals surface area contributed by atoms with Crippen molar-refractivity contribution in [3.63, 3.8) is 0 Å². The molecule has 5 nitrogen and oxygen atoms in total. The van der Waals surface area contributed by atoms with Gasteiger partial charge < -0.3 is 4.74 Å². The standard InChI is InChI=1S/C82H74N4O/c1-79(2,3)56-37-35-52(36-38-56)54-45-71-65-27-16-17-29-68(65)76-63(53-23-14-13-15-24-53)30-21-32-69(76)70-33-22-31-64(55-43-58(81(7,8)9)47-59(44-55)82(10,11)12)77(70)85-51-84(74(46-54)78(71)85)60-25-20-26-61(49-60)87-62-39-40-67-66-28-18-19-34-72(66)86(73(67)50-62)75-48-57(41-42-83-75)80(4,5)6/h13-50H,1-12H3/i13D,14D,15D,23D,24D. The van der Waals surface area contributed by atoms with Gasteiger partial charge in [-0.25, -0.2) is 4.98 Å². The van der Waals surface area contributed by atoms with Gasteiger partial charge in [0.1, 0.15) is 17.3 Å². The van der Waals surface area contributed by atoms with Crippen molar-refractivity contribution in [3.8, 4) is 95.5 Å². The van der Waals surface area contributed by atoms with Gasteiger partial charge in [0.25, 0.3) is 6.33 Å². The number of hydrogen-bond donors (Lipinski definition) is 0. The maximum absolute atomic E-state index is 9.50. The van der Waals surface area contributed by atoms with Crippen LogP contribution in [0.5, 0.6) is 11.5 Å². The second-order valence-corrected chi connectivity index (χ2v) is 27.5. The molecule has 13 aromatic rings. The van der Waals surface area contributed by atoms with Gasteiger partial charge >= 0.3 is 0 Å². The Morgan fingerprint density at radius 2 is 1.03 bits per heavy atom. The van der Waals surface area contributed by atoms with E-state index in [-0.39, 0.29) is 51.4 Å². The van der Waals surface area contributed by atoms with E-state index in [2.05, 4.69) is 267 Å². The third kappa shape index (κ3) is 9.84. The van der Waals surface area contributed by atoms with Crippen LogP contribution >= 0.6 is 0 Å². The molecule has 1 aliphatic rings. The Bertz CT molecular complexity index is 5120. The van der Waals surface area contributed by atoms with Crippen LogP contribution in [0.1, 0.15) is 112 Å². The summed E-state index contributed by atoms with van der Waals surface area (Å²) in [5.41, 5.74) is 19.7. The summed E-state index contributed by atoms with van der Waals surface area (Å²) in [4.78, 5) is 4.95. The summed E-state index contributed by atoms with van der Waals surface area (Å²) >= 11 is 0. The Kier molecular flexibility index (Phi) is 11.7. The van der Waals surface area contributed by atoms with Crippen molar-refractivity contribution in [3.05, 3.63) is 259 Å². The number of imidazole rings is 1. The van der Waals surface area contributed by atoms with E-state index in [4.69, 9.17) is 13.8 Å². The topological polar surface area (TPSA) is 35.9 Å². The van der Waals surface area contributed by atoms with Crippen LogP contribution in [0.15, 0.2) is 231 Å². The van der Waals surface area contributed by atoms with Crippen LogP contribution in [0.2, 0.25) is 0 Å². The van der Waals surface area contributed by atoms with E-state index in [9.17, 15) is 2.74 Å². The highest BCUT2D eigenvalue weighted by molar-refractivity contribution is 6.10. The molecule has 0 unspecified atom stereocenters. The lowest BCUT2D eigenvalue weighted by atomic mass is 9.78. The first-order valence-electron chi connectivity index (χ1n) is 32.8. The fraction of sp³-hybridized carbons (Fsp3) is 0.195. The second-order valence-electron chi connectivity index (χ2n) is 27.5. The number of hydrogen-bond acceptors (Lipinski definition) is 2. The molecular weight excluding hydrogens is 1060 g/mol. The zero-order chi connectivity index (χ0) is 64.7. The van der Waals surface area contributed by atoms with Crippen LogP contribution in [0, 0.1) is 6.33 Å². The fourth-order valence-electron chi connectivity index (χ4n) is 12.7. The van der Waals surface area contributed by atoms with Crippen molar-refractivity contribution in [2.24, 2.45) is 0 Å². The summed E-state index contributed by atoms with van der Waals surface area (Å²) in [7, 11) is 0. The van der Waals surface area contributed by atoms with Crippen molar-refractivity contribution in [1.82, 2.24) is 14.1 Å². The van der Waals surface area contributed by atoms with Gasteiger partial charge in [0.15, 0.2) is 0 Å². The molecule has 3 aromatic heterocycles. The van der Waals surface area contributed by atoms with Gasteiger partial charge in [0.2, 0.25) is 0 Å². The minimum absolute atomic E-state index is 0.0694. The number of benzene rings is 10. The number of pyridine rings is 1. The average molecular weight is 1140 g/mol. The molecule has 0 atom stereocenters. The second kappa shape index (κ2) is 20.6. The predicted molar refractivity (Wildman–Crippen MR) is 363 cm³/mol. The molecule has 10 aromatic carbocycles. The van der Waals surface area contributed by atoms with Crippen molar-refractivity contribution in [2.45, 2.75) is 105 Å². The first-order chi connectivity index (χ1) is 43.7. The van der Waals surface area contributed by atoms with Crippen LogP contribution in [0.4, 0.5) is 0 Å². The maximum atomic E-state index is 9.50. The lowest BCUT2D eigenvalue weighted by molar-refractivity contribution is -0.570. The largest absolute Gasteiger partial charge is 0.458 e. The molecule has 14 rings (SSSR count). The fourth-order valence-corrected chi connectivity index (χ4v) is 12.7. The van der Waals surface area contributed by atoms with Crippen LogP contribution in [0.3, 0.4) is 0 Å². The summed E-state index contributed by atoms with van der Waals surface area (Å²) in [5, 5.41) is 2.23. The van der Waals surface area contributed by atoms with E-state index in [1.165, 1.54) is 22.3 Å². The number of aromatic nitrogens is 4. The molecule has 0 bridgehead atoms. The quantitative estimate of drug-likeness (QED) is 0.118. The predicted octanol–water partition coefficient (Wildman–Crippen LogP) is 21.5. The van der Waals surface area contributed by atoms with Gasteiger partial charge in [0.05, 0.1) is 40.3 Å². The number of fused-ring (bicyclic) bond motifs is 10. The van der Waals surface area contributed by atoms with E-state index in [1.807, 2.05) is 36.5 Å². The first kappa shape index (κ1) is 49.7. The smallest absolute Gasteiger partial charge is 0.269 e. The molecule has 87 heavy (non-hydrogen) atoms. The number of para-hydroxylation sites is 2. The highest BCUT2D eigenvalue weighted by Crippen LogP contribution is 2.50. The molecule has 0 fully saturated rings. The summed E-state index contributed by atoms with van der Waals surface area (Å²) in [6.45, 7) is 27.0. The van der Waals surface area contributed by atoms with Crippen LogP contribution in [0.25, 0.3) is 117 Å². The van der Waals surface area contributed by atoms with E-state index in [0.717, 1.165) is 106 Å². The Labute approximate surface area is 519 Å². The van der Waals surface area contributed by atoms with E-state index in [0.29, 0.717) is 17.1 Å². The highest BCUT2D eigenvalue weighted by atomic mass is 16.5. The summed E-state index contributed by atoms with van der Waals surface area (Å²) < 4.78 is 59.4. The van der Waals surface area contributed by atoms with Crippen molar-refractivity contribution in [1.29, 1.82) is 0 Å². The van der Waals surface area contributed by atoms with Gasteiger partial charge in [-0.2, -0.15) is 0 Å². The molecule has 0 amide bonds. The molecule has 5 heteroatoms. The minimum atomic E-state index is -0.436. The van der Waals surface area contributed by atoms with Crippen LogP contribution in [-0.4, -0.2) is 14.1 Å². The summed E-state index contributed by atoms with van der Waals surface area (Å²) in [6, 6.07) is 67.0. The van der Waals surface area contributed by atoms with E-state index in [1.54, 1.807) is 0 Å². The molecule has 0 saturated carbocycles. The Hall–Kier alpha value is -9.58. The Morgan fingerprint density at radius 3 is 1.76 bits per heavy atom. The van der Waals surface area contributed by atoms with Crippen molar-refractivity contribution >= 4 is 32.8 Å². The average Bonchev–Trinajstić information content (AvgIpc) is 1.50. The van der Waals surface area contributed by atoms with Gasteiger partial charge in [-0.1, -0.05) is 247 Å². The molecular formula is C82H74N4O. The third-order valence-corrected chi connectivity index (χ3v) is 17.5. The van der Waals surface area contributed by atoms with Crippen molar-refractivity contribution in [2.75, 3.05) is 0 Å². The normalized spacial score (nSPS) is 13.4. The van der Waals surface area contributed by atoms with E-state index < -0.39 is 6.04 Å². The SMILES string of the molecule is [2H]c1c([2H])c([2H])c(-c2cccc3c2-c2ccccc2-c2cc(-c4ccc(C(C)(C)C)cc4)cc4c2[n+]([c-]n4-c2cccc(Oc4ccc5c6ccccc6n(-c6cc(C(C)(C)C)ccn6)c5c4)c2)-c2c(-c4cc(C(C)(C)C)cc(C(C)(C)C)c4)cccc2-3)c([2H])c1[2H]. The number of ether oxygens (including phenoxy) is 1. The summed E-state index contributed by atoms with van der Waals surface area (Å²) in [6.07, 6.45) is 5.97. The molecule has 0 aliphatic carbocycles. The monoisotopic (exact) mass is 1140 g/mol. The zero-order valence-corrected chi connectivity index (χ0v) is 51.7. The number of nitrogens with zero attached hydrogens (tertiary/aromatic N) is 4. The number of rotatable bonds is 7. The molecule has 0 N–H and O–H groups in total. The third-order valence-electron chi connectivity index (χ3n) is 17.5. The van der Waals surface area contributed by atoms with Gasteiger partial charge in [0, 0.05) is 23.0 Å². The molecule has 0 spiro atoms. The molecule has 4 heterocycles. The Morgan fingerprint density at radius 1 is 0.414 bits per heavy atom. The van der Waals surface area contributed by atoms with Crippen molar-refractivity contribution < 1.29 is 16.2 Å². The summed E-state index contributed by atoms with van der Waals surface area (Å²) in [5.74, 6) is 2.16. The lowest BCUT2D eigenvalue weighted by Crippen LogP contribution is -2.32. The highest BCUT2D eigenvalue weighted by Gasteiger charge is 2.31. The molecule has 1 aliphatic heterocycles. The first-order valence-corrected chi connectivity index (χ1v) is 30.3. The minimum Gasteiger partial charge on any atom is -0.458 e. The maximum Gasteiger partial charge on any atom is 0.269 e.